The molecule has 1 N–H and O–H groups in total. The van der Waals surface area contributed by atoms with Crippen molar-refractivity contribution in [3.8, 4) is 0 Å². The summed E-state index contributed by atoms with van der Waals surface area (Å²) in [4.78, 5) is 12.0. The van der Waals surface area contributed by atoms with E-state index in [1.54, 1.807) is 11.4 Å². The molecule has 0 bridgehead atoms. The zero-order chi connectivity index (χ0) is 9.47. The van der Waals surface area contributed by atoms with Crippen molar-refractivity contribution in [1.29, 1.82) is 0 Å². The summed E-state index contributed by atoms with van der Waals surface area (Å²) in [5, 5.41) is 11.5. The number of carboxylic acids is 1. The summed E-state index contributed by atoms with van der Waals surface area (Å²) < 4.78 is 0. The van der Waals surface area contributed by atoms with Gasteiger partial charge in [-0.2, -0.15) is 0 Å². The minimum atomic E-state index is -0.711. The van der Waals surface area contributed by atoms with Gasteiger partial charge in [0, 0.05) is 10.3 Å². The molecule has 0 radical (unpaired) electrons. The van der Waals surface area contributed by atoms with Gasteiger partial charge in [-0.25, -0.2) is 0 Å². The van der Waals surface area contributed by atoms with E-state index in [0.29, 0.717) is 5.02 Å². The highest BCUT2D eigenvalue weighted by molar-refractivity contribution is 7.10. The zero-order valence-electron chi connectivity index (χ0n) is 6.92. The Hall–Kier alpha value is -0.540. The Labute approximate surface area is 85.1 Å². The molecule has 13 heavy (non-hydrogen) atoms. The highest BCUT2D eigenvalue weighted by atomic mass is 35.5. The number of carbonyl (C=O) groups is 1. The molecule has 1 fully saturated rings. The van der Waals surface area contributed by atoms with Gasteiger partial charge in [-0.1, -0.05) is 18.0 Å². The fourth-order valence-electron chi connectivity index (χ4n) is 1.66. The van der Waals surface area contributed by atoms with Crippen LogP contribution in [0.5, 0.6) is 0 Å². The molecule has 2 rings (SSSR count). The van der Waals surface area contributed by atoms with Crippen LogP contribution in [0.2, 0.25) is 5.02 Å². The van der Waals surface area contributed by atoms with Crippen LogP contribution in [0, 0.1) is 0 Å². The van der Waals surface area contributed by atoms with E-state index < -0.39 is 11.4 Å². The Morgan fingerprint density at radius 1 is 1.62 bits per heavy atom. The first kappa shape index (κ1) is 9.03. The molecule has 0 atom stereocenters. The van der Waals surface area contributed by atoms with E-state index in [1.165, 1.54) is 11.3 Å². The van der Waals surface area contributed by atoms with Crippen molar-refractivity contribution in [2.24, 2.45) is 0 Å². The Morgan fingerprint density at radius 3 is 2.62 bits per heavy atom. The van der Waals surface area contributed by atoms with Crippen molar-refractivity contribution in [2.45, 2.75) is 24.7 Å². The topological polar surface area (TPSA) is 37.3 Å². The average molecular weight is 217 g/mol. The smallest absolute Gasteiger partial charge is 0.314 e. The monoisotopic (exact) mass is 216 g/mol. The summed E-state index contributed by atoms with van der Waals surface area (Å²) >= 11 is 7.22. The van der Waals surface area contributed by atoms with Gasteiger partial charge in [-0.15, -0.1) is 11.3 Å². The van der Waals surface area contributed by atoms with Gasteiger partial charge in [0.15, 0.2) is 0 Å². The van der Waals surface area contributed by atoms with Crippen LogP contribution in [-0.4, -0.2) is 11.1 Å². The molecule has 1 aromatic heterocycles. The lowest BCUT2D eigenvalue weighted by atomic mass is 9.68. The van der Waals surface area contributed by atoms with Crippen molar-refractivity contribution in [1.82, 2.24) is 0 Å². The molecule has 0 aliphatic heterocycles. The van der Waals surface area contributed by atoms with Crippen LogP contribution < -0.4 is 0 Å². The molecule has 1 aliphatic carbocycles. The molecule has 1 aromatic rings. The van der Waals surface area contributed by atoms with Gasteiger partial charge < -0.3 is 5.11 Å². The molecule has 0 amide bonds. The van der Waals surface area contributed by atoms with Gasteiger partial charge in [0.2, 0.25) is 0 Å². The third-order valence-corrected chi connectivity index (χ3v) is 4.14. The highest BCUT2D eigenvalue weighted by Gasteiger charge is 2.46. The number of hydrogen-bond acceptors (Lipinski definition) is 2. The van der Waals surface area contributed by atoms with Crippen molar-refractivity contribution in [3.63, 3.8) is 0 Å². The number of thiophene rings is 1. The SMILES string of the molecule is O=C(O)C1(c2cc(Cl)cs2)CCC1. The van der Waals surface area contributed by atoms with Gasteiger partial charge in [0.1, 0.15) is 5.41 Å². The third kappa shape index (κ3) is 1.27. The van der Waals surface area contributed by atoms with Gasteiger partial charge in [0.25, 0.3) is 0 Å². The van der Waals surface area contributed by atoms with E-state index in [2.05, 4.69) is 0 Å². The predicted octanol–water partition coefficient (Wildman–Crippen LogP) is 2.91. The number of hydrogen-bond donors (Lipinski definition) is 1. The van der Waals surface area contributed by atoms with E-state index in [0.717, 1.165) is 24.1 Å². The summed E-state index contributed by atoms with van der Waals surface area (Å²) in [5.41, 5.74) is -0.613. The minimum Gasteiger partial charge on any atom is -0.481 e. The Kier molecular flexibility index (Phi) is 2.08. The molecular weight excluding hydrogens is 208 g/mol. The number of rotatable bonds is 2. The van der Waals surface area contributed by atoms with E-state index >= 15 is 0 Å². The third-order valence-electron chi connectivity index (χ3n) is 2.66. The van der Waals surface area contributed by atoms with Crippen molar-refractivity contribution in [2.75, 3.05) is 0 Å². The lowest BCUT2D eigenvalue weighted by molar-refractivity contribution is -0.147. The summed E-state index contributed by atoms with van der Waals surface area (Å²) in [6.45, 7) is 0. The molecular formula is C9H9ClO2S. The first-order valence-corrected chi connectivity index (χ1v) is 5.39. The zero-order valence-corrected chi connectivity index (χ0v) is 8.49. The Morgan fingerprint density at radius 2 is 2.31 bits per heavy atom. The highest BCUT2D eigenvalue weighted by Crippen LogP contribution is 2.46. The lowest BCUT2D eigenvalue weighted by Crippen LogP contribution is -2.41. The Balaban J connectivity index is 2.37. The standard InChI is InChI=1S/C9H9ClO2S/c10-6-4-7(13-5-6)9(8(11)12)2-1-3-9/h4-5H,1-3H2,(H,11,12). The first-order chi connectivity index (χ1) is 6.15. The van der Waals surface area contributed by atoms with Gasteiger partial charge in [-0.05, 0) is 18.9 Å². The molecule has 1 aliphatic rings. The van der Waals surface area contributed by atoms with Crippen LogP contribution >= 0.6 is 22.9 Å². The van der Waals surface area contributed by atoms with E-state index in [1.807, 2.05) is 0 Å². The maximum Gasteiger partial charge on any atom is 0.314 e. The van der Waals surface area contributed by atoms with Crippen LogP contribution in [0.3, 0.4) is 0 Å². The predicted molar refractivity (Wildman–Crippen MR) is 52.5 cm³/mol. The molecule has 0 spiro atoms. The molecule has 0 aromatic carbocycles. The minimum absolute atomic E-state index is 0.613. The van der Waals surface area contributed by atoms with Gasteiger partial charge in [0.05, 0.1) is 5.02 Å². The van der Waals surface area contributed by atoms with E-state index in [9.17, 15) is 4.79 Å². The average Bonchev–Trinajstić information content (AvgIpc) is 2.32. The van der Waals surface area contributed by atoms with Gasteiger partial charge in [-0.3, -0.25) is 4.79 Å². The van der Waals surface area contributed by atoms with Crippen LogP contribution in [-0.2, 0) is 10.2 Å². The molecule has 70 valence electrons. The normalized spacial score (nSPS) is 19.5. The maximum atomic E-state index is 11.1. The second-order valence-electron chi connectivity index (χ2n) is 3.37. The second kappa shape index (κ2) is 3.00. The van der Waals surface area contributed by atoms with Crippen LogP contribution in [0.4, 0.5) is 0 Å². The molecule has 1 saturated carbocycles. The fraction of sp³-hybridized carbons (Fsp3) is 0.444. The summed E-state index contributed by atoms with van der Waals surface area (Å²) in [7, 11) is 0. The van der Waals surface area contributed by atoms with Gasteiger partial charge >= 0.3 is 5.97 Å². The maximum absolute atomic E-state index is 11.1. The molecule has 4 heteroatoms. The van der Waals surface area contributed by atoms with E-state index in [-0.39, 0.29) is 0 Å². The van der Waals surface area contributed by atoms with Crippen molar-refractivity contribution < 1.29 is 9.90 Å². The molecule has 1 heterocycles. The van der Waals surface area contributed by atoms with Crippen LogP contribution in [0.1, 0.15) is 24.1 Å². The number of carboxylic acid groups (broad SMARTS) is 1. The largest absolute Gasteiger partial charge is 0.481 e. The van der Waals surface area contributed by atoms with Crippen molar-refractivity contribution >= 4 is 28.9 Å². The number of aliphatic carboxylic acids is 1. The summed E-state index contributed by atoms with van der Waals surface area (Å²) in [6.07, 6.45) is 2.50. The van der Waals surface area contributed by atoms with Crippen LogP contribution in [0.15, 0.2) is 11.4 Å². The van der Waals surface area contributed by atoms with E-state index in [4.69, 9.17) is 16.7 Å². The number of halogens is 1. The molecule has 0 saturated heterocycles. The van der Waals surface area contributed by atoms with Crippen LogP contribution in [0.25, 0.3) is 0 Å². The summed E-state index contributed by atoms with van der Waals surface area (Å²) in [5.74, 6) is -0.711. The Bertz CT molecular complexity index is 341. The fourth-order valence-corrected chi connectivity index (χ4v) is 2.99. The molecule has 2 nitrogen and oxygen atoms in total. The summed E-state index contributed by atoms with van der Waals surface area (Å²) in [6, 6.07) is 1.78. The molecule has 0 unspecified atom stereocenters. The lowest BCUT2D eigenvalue weighted by Gasteiger charge is -2.36. The second-order valence-corrected chi connectivity index (χ2v) is 4.72. The first-order valence-electron chi connectivity index (χ1n) is 4.13. The van der Waals surface area contributed by atoms with Crippen molar-refractivity contribution in [3.05, 3.63) is 21.3 Å². The quantitative estimate of drug-likeness (QED) is 0.826.